The molecule has 1 N–H and O–H groups in total. The molecule has 106 valence electrons. The van der Waals surface area contributed by atoms with Crippen LogP contribution in [0.4, 0.5) is 10.1 Å². The molecule has 0 aliphatic heterocycles. The van der Waals surface area contributed by atoms with Gasteiger partial charge in [-0.05, 0) is 37.3 Å². The van der Waals surface area contributed by atoms with Gasteiger partial charge in [0.1, 0.15) is 11.6 Å². The van der Waals surface area contributed by atoms with Gasteiger partial charge >= 0.3 is 0 Å². The van der Waals surface area contributed by atoms with Gasteiger partial charge in [0.15, 0.2) is 0 Å². The molecule has 0 aliphatic rings. The normalized spacial score (nSPS) is 10.4. The molecule has 2 aromatic rings. The van der Waals surface area contributed by atoms with Crippen molar-refractivity contribution < 1.29 is 9.13 Å². The van der Waals surface area contributed by atoms with Gasteiger partial charge < -0.3 is 10.1 Å². The second kappa shape index (κ2) is 6.82. The van der Waals surface area contributed by atoms with Crippen molar-refractivity contribution in [3.05, 3.63) is 57.8 Å². The number of hydrogen-bond acceptors (Lipinski definition) is 2. The summed E-state index contributed by atoms with van der Waals surface area (Å²) >= 11 is 11.8. The molecule has 0 fully saturated rings. The number of ether oxygens (including phenoxy) is 1. The van der Waals surface area contributed by atoms with E-state index in [9.17, 15) is 4.39 Å². The van der Waals surface area contributed by atoms with E-state index in [0.29, 0.717) is 34.5 Å². The van der Waals surface area contributed by atoms with Crippen molar-refractivity contribution >= 4 is 28.9 Å². The van der Waals surface area contributed by atoms with Crippen molar-refractivity contribution in [1.82, 2.24) is 0 Å². The monoisotopic (exact) mass is 313 g/mol. The van der Waals surface area contributed by atoms with E-state index >= 15 is 0 Å². The van der Waals surface area contributed by atoms with Crippen LogP contribution in [-0.4, -0.2) is 6.61 Å². The van der Waals surface area contributed by atoms with Gasteiger partial charge in [0, 0.05) is 22.8 Å². The quantitative estimate of drug-likeness (QED) is 0.824. The molecule has 0 saturated carbocycles. The Morgan fingerprint density at radius 1 is 1.15 bits per heavy atom. The molecule has 2 nitrogen and oxygen atoms in total. The average Bonchev–Trinajstić information content (AvgIpc) is 2.41. The lowest BCUT2D eigenvalue weighted by Gasteiger charge is -2.10. The molecular weight excluding hydrogens is 300 g/mol. The molecule has 0 aliphatic carbocycles. The van der Waals surface area contributed by atoms with E-state index < -0.39 is 0 Å². The van der Waals surface area contributed by atoms with E-state index in [4.69, 9.17) is 27.9 Å². The smallest absolute Gasteiger partial charge is 0.138 e. The largest absolute Gasteiger partial charge is 0.492 e. The third-order valence-corrected chi connectivity index (χ3v) is 3.26. The lowest BCUT2D eigenvalue weighted by Crippen LogP contribution is -2.02. The minimum absolute atomic E-state index is 0.331. The summed E-state index contributed by atoms with van der Waals surface area (Å²) in [6.07, 6.45) is 0. The third kappa shape index (κ3) is 3.78. The Kier molecular flexibility index (Phi) is 5.10. The van der Waals surface area contributed by atoms with Gasteiger partial charge in [-0.15, -0.1) is 0 Å². The first kappa shape index (κ1) is 14.9. The zero-order valence-corrected chi connectivity index (χ0v) is 12.4. The summed E-state index contributed by atoms with van der Waals surface area (Å²) in [6.45, 7) is 2.81. The van der Waals surface area contributed by atoms with Crippen LogP contribution in [0.3, 0.4) is 0 Å². The molecule has 0 saturated heterocycles. The molecule has 20 heavy (non-hydrogen) atoms. The lowest BCUT2D eigenvalue weighted by molar-refractivity contribution is 0.340. The summed E-state index contributed by atoms with van der Waals surface area (Å²) in [4.78, 5) is 0. The van der Waals surface area contributed by atoms with Gasteiger partial charge in [-0.1, -0.05) is 29.3 Å². The zero-order chi connectivity index (χ0) is 14.5. The summed E-state index contributed by atoms with van der Waals surface area (Å²) < 4.78 is 19.0. The maximum Gasteiger partial charge on any atom is 0.138 e. The van der Waals surface area contributed by atoms with E-state index in [0.717, 1.165) is 5.69 Å². The van der Waals surface area contributed by atoms with Crippen LogP contribution >= 0.6 is 23.2 Å². The van der Waals surface area contributed by atoms with Gasteiger partial charge in [0.25, 0.3) is 0 Å². The van der Waals surface area contributed by atoms with Crippen LogP contribution in [0.25, 0.3) is 0 Å². The number of anilines is 1. The third-order valence-electron chi connectivity index (χ3n) is 2.73. The zero-order valence-electron chi connectivity index (χ0n) is 10.9. The molecule has 2 rings (SSSR count). The number of nitrogens with one attached hydrogen (secondary N) is 1. The van der Waals surface area contributed by atoms with Crippen molar-refractivity contribution in [3.63, 3.8) is 0 Å². The van der Waals surface area contributed by atoms with Gasteiger partial charge in [-0.2, -0.15) is 0 Å². The SMILES string of the molecule is CCOc1ccc(NCc2ccc(Cl)cc2F)cc1Cl. The van der Waals surface area contributed by atoms with Crippen LogP contribution in [0, 0.1) is 5.82 Å². The summed E-state index contributed by atoms with van der Waals surface area (Å²) in [5.41, 5.74) is 1.34. The number of rotatable bonds is 5. The van der Waals surface area contributed by atoms with Crippen molar-refractivity contribution in [2.24, 2.45) is 0 Å². The maximum absolute atomic E-state index is 13.6. The molecule has 0 radical (unpaired) electrons. The molecule has 0 aromatic heterocycles. The maximum atomic E-state index is 13.6. The topological polar surface area (TPSA) is 21.3 Å². The Balaban J connectivity index is 2.05. The Morgan fingerprint density at radius 3 is 2.60 bits per heavy atom. The van der Waals surface area contributed by atoms with Crippen molar-refractivity contribution in [1.29, 1.82) is 0 Å². The summed E-state index contributed by atoms with van der Waals surface area (Å²) in [7, 11) is 0. The summed E-state index contributed by atoms with van der Waals surface area (Å²) in [5, 5.41) is 4.01. The first-order chi connectivity index (χ1) is 9.60. The van der Waals surface area contributed by atoms with Crippen LogP contribution in [-0.2, 0) is 6.54 Å². The standard InChI is InChI=1S/C15H14Cl2FNO/c1-2-20-15-6-5-12(8-13(15)17)19-9-10-3-4-11(16)7-14(10)18/h3-8,19H,2,9H2,1H3. The fraction of sp³-hybridized carbons (Fsp3) is 0.200. The highest BCUT2D eigenvalue weighted by atomic mass is 35.5. The minimum Gasteiger partial charge on any atom is -0.492 e. The number of benzene rings is 2. The molecule has 0 bridgehead atoms. The highest BCUT2D eigenvalue weighted by Crippen LogP contribution is 2.28. The van der Waals surface area contributed by atoms with Gasteiger partial charge in [-0.3, -0.25) is 0 Å². The van der Waals surface area contributed by atoms with Crippen LogP contribution < -0.4 is 10.1 Å². The van der Waals surface area contributed by atoms with Crippen LogP contribution in [0.2, 0.25) is 10.0 Å². The number of hydrogen-bond donors (Lipinski definition) is 1. The summed E-state index contributed by atoms with van der Waals surface area (Å²) in [6, 6.07) is 9.98. The highest BCUT2D eigenvalue weighted by Gasteiger charge is 2.05. The predicted molar refractivity (Wildman–Crippen MR) is 81.4 cm³/mol. The fourth-order valence-electron chi connectivity index (χ4n) is 1.75. The Bertz CT molecular complexity index is 604. The van der Waals surface area contributed by atoms with E-state index in [1.54, 1.807) is 24.3 Å². The van der Waals surface area contributed by atoms with E-state index in [2.05, 4.69) is 5.32 Å². The van der Waals surface area contributed by atoms with E-state index in [1.807, 2.05) is 13.0 Å². The van der Waals surface area contributed by atoms with Crippen LogP contribution in [0.15, 0.2) is 36.4 Å². The van der Waals surface area contributed by atoms with E-state index in [-0.39, 0.29) is 5.82 Å². The average molecular weight is 314 g/mol. The fourth-order valence-corrected chi connectivity index (χ4v) is 2.14. The Hall–Kier alpha value is -1.45. The first-order valence-electron chi connectivity index (χ1n) is 6.20. The van der Waals surface area contributed by atoms with Gasteiger partial charge in [-0.25, -0.2) is 4.39 Å². The molecule has 5 heteroatoms. The Morgan fingerprint density at radius 2 is 1.95 bits per heavy atom. The second-order valence-electron chi connectivity index (χ2n) is 4.17. The highest BCUT2D eigenvalue weighted by molar-refractivity contribution is 6.32. The van der Waals surface area contributed by atoms with Crippen molar-refractivity contribution in [3.8, 4) is 5.75 Å². The predicted octanol–water partition coefficient (Wildman–Crippen LogP) is 5.14. The second-order valence-corrected chi connectivity index (χ2v) is 5.01. The van der Waals surface area contributed by atoms with Gasteiger partial charge in [0.2, 0.25) is 0 Å². The molecule has 0 amide bonds. The van der Waals surface area contributed by atoms with Crippen LogP contribution in [0.5, 0.6) is 5.75 Å². The molecule has 0 spiro atoms. The minimum atomic E-state index is -0.331. The van der Waals surface area contributed by atoms with E-state index in [1.165, 1.54) is 6.07 Å². The molecule has 0 unspecified atom stereocenters. The molecule has 0 heterocycles. The van der Waals surface area contributed by atoms with Gasteiger partial charge in [0.05, 0.1) is 11.6 Å². The Labute approximate surface area is 127 Å². The van der Waals surface area contributed by atoms with Crippen molar-refractivity contribution in [2.75, 3.05) is 11.9 Å². The van der Waals surface area contributed by atoms with Crippen LogP contribution in [0.1, 0.15) is 12.5 Å². The molecule has 2 aromatic carbocycles. The summed E-state index contributed by atoms with van der Waals surface area (Å²) in [5.74, 6) is 0.305. The lowest BCUT2D eigenvalue weighted by atomic mass is 10.2. The molecule has 0 atom stereocenters. The number of halogens is 3. The van der Waals surface area contributed by atoms with Crippen molar-refractivity contribution in [2.45, 2.75) is 13.5 Å². The molecular formula is C15H14Cl2FNO. The first-order valence-corrected chi connectivity index (χ1v) is 6.96.